The second kappa shape index (κ2) is 8.10. The lowest BCUT2D eigenvalue weighted by molar-refractivity contribution is 0.0599. The maximum absolute atomic E-state index is 13.0. The Morgan fingerprint density at radius 3 is 2.83 bits per heavy atom. The normalized spacial score (nSPS) is 13.3. The number of hydrogen-bond donors (Lipinski definition) is 2. The van der Waals surface area contributed by atoms with Crippen LogP contribution >= 0.6 is 0 Å². The number of aromatic amines is 1. The molecule has 1 saturated carbocycles. The quantitative estimate of drug-likeness (QED) is 0.580. The number of benzene rings is 1. The van der Waals surface area contributed by atoms with Crippen molar-refractivity contribution >= 4 is 17.6 Å². The van der Waals surface area contributed by atoms with Crippen molar-refractivity contribution in [1.82, 2.24) is 25.2 Å². The predicted octanol–water partition coefficient (Wildman–Crippen LogP) is 3.30. The molecule has 2 aromatic heterocycles. The number of rotatable bonds is 7. The van der Waals surface area contributed by atoms with Gasteiger partial charge in [0.15, 0.2) is 5.82 Å². The van der Waals surface area contributed by atoms with Gasteiger partial charge in [-0.2, -0.15) is 0 Å². The molecule has 1 amide bonds. The monoisotopic (exact) mass is 408 g/mol. The highest BCUT2D eigenvalue weighted by atomic mass is 16.5. The molecule has 2 heterocycles. The number of carbonyl (C=O) groups is 2. The summed E-state index contributed by atoms with van der Waals surface area (Å²) in [5, 5.41) is 14.9. The lowest BCUT2D eigenvalue weighted by Crippen LogP contribution is -2.15. The Morgan fingerprint density at radius 2 is 2.13 bits per heavy atom. The van der Waals surface area contributed by atoms with Gasteiger partial charge in [0.25, 0.3) is 5.91 Å². The Morgan fingerprint density at radius 1 is 1.33 bits per heavy atom. The zero-order valence-electron chi connectivity index (χ0n) is 17.2. The van der Waals surface area contributed by atoms with E-state index in [9.17, 15) is 9.59 Å². The van der Waals surface area contributed by atoms with Crippen LogP contribution in [0.2, 0.25) is 0 Å². The van der Waals surface area contributed by atoms with Gasteiger partial charge in [-0.1, -0.05) is 25.5 Å². The van der Waals surface area contributed by atoms with E-state index in [0.717, 1.165) is 24.8 Å². The minimum atomic E-state index is -0.444. The molecule has 4 rings (SSSR count). The van der Waals surface area contributed by atoms with Crippen molar-refractivity contribution < 1.29 is 14.3 Å². The minimum absolute atomic E-state index is 0.310. The van der Waals surface area contributed by atoms with Crippen LogP contribution in [0.1, 0.15) is 64.3 Å². The summed E-state index contributed by atoms with van der Waals surface area (Å²) in [7, 11) is 1.34. The Hall–Kier alpha value is -3.49. The van der Waals surface area contributed by atoms with E-state index in [0.29, 0.717) is 46.5 Å². The van der Waals surface area contributed by atoms with Crippen molar-refractivity contribution in [2.75, 3.05) is 12.4 Å². The number of amides is 1. The molecule has 0 unspecified atom stereocenters. The number of aryl methyl sites for hydroxylation is 1. The highest BCUT2D eigenvalue weighted by Gasteiger charge is 2.28. The van der Waals surface area contributed by atoms with E-state index in [4.69, 9.17) is 4.74 Å². The Labute approximate surface area is 173 Å². The highest BCUT2D eigenvalue weighted by molar-refractivity contribution is 6.07. The van der Waals surface area contributed by atoms with Gasteiger partial charge in [-0.05, 0) is 54.3 Å². The number of aromatic nitrogens is 5. The standard InChI is InChI=1S/C21H24N6O3/c1-4-6-16-17(21(29)30-3)12(2)22-18(16)20(28)23-14-8-5-7-13(11-14)19-24-25-26-27(19)15-9-10-15/h5,7-8,11,15,22H,4,6,9-10H2,1-3H3,(H,23,28). The van der Waals surface area contributed by atoms with Crippen LogP contribution in [0.5, 0.6) is 0 Å². The molecule has 30 heavy (non-hydrogen) atoms. The molecule has 0 bridgehead atoms. The average Bonchev–Trinajstić information content (AvgIpc) is 3.37. The van der Waals surface area contributed by atoms with Crippen LogP contribution in [0, 0.1) is 6.92 Å². The van der Waals surface area contributed by atoms with Gasteiger partial charge in [0, 0.05) is 16.9 Å². The molecule has 0 radical (unpaired) electrons. The number of carbonyl (C=O) groups excluding carboxylic acids is 2. The van der Waals surface area contributed by atoms with E-state index in [-0.39, 0.29) is 5.91 Å². The number of esters is 1. The van der Waals surface area contributed by atoms with Crippen LogP contribution < -0.4 is 5.32 Å². The van der Waals surface area contributed by atoms with Crippen LogP contribution in [0.25, 0.3) is 11.4 Å². The summed E-state index contributed by atoms with van der Waals surface area (Å²) in [5.41, 5.74) is 3.55. The van der Waals surface area contributed by atoms with Gasteiger partial charge in [-0.15, -0.1) is 5.10 Å². The number of anilines is 1. The fraction of sp³-hybridized carbons (Fsp3) is 0.381. The van der Waals surface area contributed by atoms with Crippen LogP contribution in [-0.4, -0.2) is 44.2 Å². The van der Waals surface area contributed by atoms with Crippen LogP contribution in [-0.2, 0) is 11.2 Å². The highest BCUT2D eigenvalue weighted by Crippen LogP contribution is 2.36. The van der Waals surface area contributed by atoms with Gasteiger partial charge >= 0.3 is 5.97 Å². The molecule has 9 nitrogen and oxygen atoms in total. The third kappa shape index (κ3) is 3.70. The van der Waals surface area contributed by atoms with Crippen molar-refractivity contribution in [2.45, 2.75) is 45.6 Å². The van der Waals surface area contributed by atoms with E-state index in [1.807, 2.05) is 35.9 Å². The maximum atomic E-state index is 13.0. The first-order valence-corrected chi connectivity index (χ1v) is 10.0. The smallest absolute Gasteiger partial charge is 0.339 e. The van der Waals surface area contributed by atoms with E-state index in [1.165, 1.54) is 7.11 Å². The molecule has 1 aliphatic carbocycles. The first kappa shape index (κ1) is 19.8. The summed E-state index contributed by atoms with van der Waals surface area (Å²) < 4.78 is 6.73. The van der Waals surface area contributed by atoms with E-state index < -0.39 is 5.97 Å². The summed E-state index contributed by atoms with van der Waals surface area (Å²) in [6, 6.07) is 7.77. The molecule has 3 aromatic rings. The summed E-state index contributed by atoms with van der Waals surface area (Å²) in [5.74, 6) is -0.0697. The van der Waals surface area contributed by atoms with Crippen molar-refractivity contribution in [3.8, 4) is 11.4 Å². The van der Waals surface area contributed by atoms with Crippen LogP contribution in [0.4, 0.5) is 5.69 Å². The predicted molar refractivity (Wildman–Crippen MR) is 110 cm³/mol. The van der Waals surface area contributed by atoms with Crippen molar-refractivity contribution in [3.63, 3.8) is 0 Å². The lowest BCUT2D eigenvalue weighted by Gasteiger charge is -2.09. The topological polar surface area (TPSA) is 115 Å². The van der Waals surface area contributed by atoms with Crippen LogP contribution in [0.3, 0.4) is 0 Å². The largest absolute Gasteiger partial charge is 0.465 e. The number of ether oxygens (including phenoxy) is 1. The molecule has 0 spiro atoms. The van der Waals surface area contributed by atoms with Crippen molar-refractivity contribution in [1.29, 1.82) is 0 Å². The Kier molecular flexibility index (Phi) is 5.35. The third-order valence-corrected chi connectivity index (χ3v) is 5.17. The zero-order chi connectivity index (χ0) is 21.3. The average molecular weight is 408 g/mol. The zero-order valence-corrected chi connectivity index (χ0v) is 17.2. The SMILES string of the molecule is CCCc1c(C(=O)Nc2cccc(-c3nnnn3C3CC3)c2)[nH]c(C)c1C(=O)OC. The van der Waals surface area contributed by atoms with E-state index in [2.05, 4.69) is 25.8 Å². The molecule has 1 aliphatic rings. The molecule has 156 valence electrons. The van der Waals surface area contributed by atoms with Crippen molar-refractivity contribution in [2.24, 2.45) is 0 Å². The molecule has 1 fully saturated rings. The number of hydrogen-bond acceptors (Lipinski definition) is 6. The van der Waals surface area contributed by atoms with E-state index >= 15 is 0 Å². The summed E-state index contributed by atoms with van der Waals surface area (Å²) in [6.07, 6.45) is 3.53. The first-order chi connectivity index (χ1) is 14.5. The minimum Gasteiger partial charge on any atom is -0.465 e. The van der Waals surface area contributed by atoms with E-state index in [1.54, 1.807) is 6.92 Å². The second-order valence-corrected chi connectivity index (χ2v) is 7.43. The first-order valence-electron chi connectivity index (χ1n) is 10.0. The molecule has 2 N–H and O–H groups in total. The van der Waals surface area contributed by atoms with Gasteiger partial charge in [0.05, 0.1) is 18.7 Å². The summed E-state index contributed by atoms with van der Waals surface area (Å²) >= 11 is 0. The number of nitrogens with one attached hydrogen (secondary N) is 2. The van der Waals surface area contributed by atoms with Crippen molar-refractivity contribution in [3.05, 3.63) is 46.8 Å². The molecule has 0 aliphatic heterocycles. The fourth-order valence-corrected chi connectivity index (χ4v) is 3.63. The Balaban J connectivity index is 1.62. The third-order valence-electron chi connectivity index (χ3n) is 5.17. The van der Waals surface area contributed by atoms with Gasteiger partial charge in [-0.3, -0.25) is 4.79 Å². The number of nitrogens with zero attached hydrogens (tertiary/aromatic N) is 4. The van der Waals surface area contributed by atoms with Gasteiger partial charge < -0.3 is 15.0 Å². The molecule has 9 heteroatoms. The number of tetrazole rings is 1. The maximum Gasteiger partial charge on any atom is 0.339 e. The molecular weight excluding hydrogens is 384 g/mol. The number of H-pyrrole nitrogens is 1. The molecule has 1 aromatic carbocycles. The number of methoxy groups -OCH3 is 1. The van der Waals surface area contributed by atoms with Gasteiger partial charge in [0.2, 0.25) is 0 Å². The van der Waals surface area contributed by atoms with Gasteiger partial charge in [-0.25, -0.2) is 9.48 Å². The lowest BCUT2D eigenvalue weighted by atomic mass is 10.0. The van der Waals surface area contributed by atoms with Gasteiger partial charge in [0.1, 0.15) is 5.69 Å². The fourth-order valence-electron chi connectivity index (χ4n) is 3.63. The van der Waals surface area contributed by atoms with Crippen LogP contribution in [0.15, 0.2) is 24.3 Å². The summed E-state index contributed by atoms with van der Waals surface area (Å²) in [6.45, 7) is 3.76. The molecule has 0 saturated heterocycles. The second-order valence-electron chi connectivity index (χ2n) is 7.43. The Bertz CT molecular complexity index is 1100. The molecule has 0 atom stereocenters. The summed E-state index contributed by atoms with van der Waals surface area (Å²) in [4.78, 5) is 28.3. The molecular formula is C21H24N6O3.